The summed E-state index contributed by atoms with van der Waals surface area (Å²) in [4.78, 5) is 12.4. The van der Waals surface area contributed by atoms with Crippen molar-refractivity contribution in [3.63, 3.8) is 0 Å². The molecule has 3 rings (SSSR count). The Kier molecular flexibility index (Phi) is 5.78. The second-order valence-corrected chi connectivity index (χ2v) is 7.62. The molecule has 128 valence electrons. The number of hydrogen-bond donors (Lipinski definition) is 1. The molecule has 2 aromatic rings. The van der Waals surface area contributed by atoms with Crippen LogP contribution < -0.4 is 5.32 Å². The zero-order valence-corrected chi connectivity index (χ0v) is 15.1. The van der Waals surface area contributed by atoms with E-state index in [-0.39, 0.29) is 11.9 Å². The molecule has 3 unspecified atom stereocenters. The molecule has 0 spiro atoms. The van der Waals surface area contributed by atoms with Gasteiger partial charge in [0.15, 0.2) is 0 Å². The van der Waals surface area contributed by atoms with E-state index in [2.05, 4.69) is 30.4 Å². The summed E-state index contributed by atoms with van der Waals surface area (Å²) in [5.74, 6) is 2.54. The number of nitrogens with one attached hydrogen (secondary N) is 1. The molecule has 4 heteroatoms. The van der Waals surface area contributed by atoms with Gasteiger partial charge in [0, 0.05) is 5.75 Å². The van der Waals surface area contributed by atoms with Crippen molar-refractivity contribution in [1.29, 1.82) is 5.26 Å². The van der Waals surface area contributed by atoms with Crippen LogP contribution in [-0.4, -0.2) is 11.7 Å². The average Bonchev–Trinajstić information content (AvgIpc) is 3.37. The first-order chi connectivity index (χ1) is 12.2. The predicted octanol–water partition coefficient (Wildman–Crippen LogP) is 4.30. The van der Waals surface area contributed by atoms with Crippen molar-refractivity contribution >= 4 is 17.7 Å². The molecule has 0 radical (unpaired) electrons. The second-order valence-electron chi connectivity index (χ2n) is 6.63. The quantitative estimate of drug-likeness (QED) is 0.810. The lowest BCUT2D eigenvalue weighted by atomic mass is 10.0. The Labute approximate surface area is 153 Å². The molecule has 1 aliphatic rings. The SMILES string of the molecule is CC1CC1C(NC(=O)CSCc1ccc(C#N)cc1)c1ccccc1. The number of hydrogen-bond acceptors (Lipinski definition) is 3. The van der Waals surface area contributed by atoms with Crippen LogP contribution in [-0.2, 0) is 10.5 Å². The van der Waals surface area contributed by atoms with Gasteiger partial charge in [0.1, 0.15) is 0 Å². The van der Waals surface area contributed by atoms with Gasteiger partial charge in [-0.1, -0.05) is 49.4 Å². The molecule has 1 saturated carbocycles. The van der Waals surface area contributed by atoms with Crippen LogP contribution >= 0.6 is 11.8 Å². The van der Waals surface area contributed by atoms with Crippen LogP contribution in [0.3, 0.4) is 0 Å². The average molecular weight is 350 g/mol. The van der Waals surface area contributed by atoms with Crippen LogP contribution in [0.4, 0.5) is 0 Å². The van der Waals surface area contributed by atoms with Gasteiger partial charge in [0.25, 0.3) is 0 Å². The Morgan fingerprint density at radius 1 is 1.24 bits per heavy atom. The van der Waals surface area contributed by atoms with Crippen molar-refractivity contribution in [2.45, 2.75) is 25.1 Å². The lowest BCUT2D eigenvalue weighted by Gasteiger charge is -2.19. The summed E-state index contributed by atoms with van der Waals surface area (Å²) in [5.41, 5.74) is 2.99. The molecule has 0 aromatic heterocycles. The first-order valence-corrected chi connectivity index (χ1v) is 9.74. The van der Waals surface area contributed by atoms with Crippen LogP contribution in [0.5, 0.6) is 0 Å². The summed E-state index contributed by atoms with van der Waals surface area (Å²) in [7, 11) is 0. The van der Waals surface area contributed by atoms with E-state index >= 15 is 0 Å². The second kappa shape index (κ2) is 8.22. The van der Waals surface area contributed by atoms with Gasteiger partial charge in [-0.15, -0.1) is 11.8 Å². The van der Waals surface area contributed by atoms with E-state index in [1.54, 1.807) is 11.8 Å². The van der Waals surface area contributed by atoms with Crippen LogP contribution in [0.2, 0.25) is 0 Å². The number of carbonyl (C=O) groups excluding carboxylic acids is 1. The molecule has 25 heavy (non-hydrogen) atoms. The molecule has 0 saturated heterocycles. The normalized spacial score (nSPS) is 19.7. The van der Waals surface area contributed by atoms with E-state index in [1.165, 1.54) is 12.0 Å². The van der Waals surface area contributed by atoms with Gasteiger partial charge in [-0.05, 0) is 41.5 Å². The summed E-state index contributed by atoms with van der Waals surface area (Å²) < 4.78 is 0. The number of thioether (sulfide) groups is 1. The molecule has 1 amide bonds. The van der Waals surface area contributed by atoms with E-state index in [0.717, 1.165) is 11.3 Å². The smallest absolute Gasteiger partial charge is 0.230 e. The highest BCUT2D eigenvalue weighted by Gasteiger charge is 2.40. The van der Waals surface area contributed by atoms with E-state index in [0.29, 0.717) is 23.2 Å². The van der Waals surface area contributed by atoms with Gasteiger partial charge in [0.05, 0.1) is 23.4 Å². The maximum atomic E-state index is 12.4. The molecule has 0 bridgehead atoms. The van der Waals surface area contributed by atoms with Crippen molar-refractivity contribution < 1.29 is 4.79 Å². The third-order valence-electron chi connectivity index (χ3n) is 4.66. The summed E-state index contributed by atoms with van der Waals surface area (Å²) in [6.45, 7) is 2.24. The molecule has 0 heterocycles. The molecule has 3 nitrogen and oxygen atoms in total. The number of nitrogens with zero attached hydrogens (tertiary/aromatic N) is 1. The highest BCUT2D eigenvalue weighted by Crippen LogP contribution is 2.46. The number of amides is 1. The molecule has 0 aliphatic heterocycles. The number of carbonyl (C=O) groups is 1. The number of benzene rings is 2. The Bertz CT molecular complexity index is 752. The first kappa shape index (κ1) is 17.6. The van der Waals surface area contributed by atoms with Gasteiger partial charge in [0.2, 0.25) is 5.91 Å². The number of rotatable bonds is 7. The fraction of sp³-hybridized carbons (Fsp3) is 0.333. The minimum absolute atomic E-state index is 0.0894. The Morgan fingerprint density at radius 3 is 2.52 bits per heavy atom. The van der Waals surface area contributed by atoms with E-state index in [4.69, 9.17) is 5.26 Å². The Balaban J connectivity index is 1.51. The Hall–Kier alpha value is -2.25. The lowest BCUT2D eigenvalue weighted by Crippen LogP contribution is -2.31. The standard InChI is InChI=1S/C21H22N2OS/c1-15-11-19(15)21(18-5-3-2-4-6-18)23-20(24)14-25-13-17-9-7-16(12-22)8-10-17/h2-10,15,19,21H,11,13-14H2,1H3,(H,23,24). The van der Waals surface area contributed by atoms with Crippen molar-refractivity contribution in [1.82, 2.24) is 5.32 Å². The monoisotopic (exact) mass is 350 g/mol. The molecule has 1 aliphatic carbocycles. The van der Waals surface area contributed by atoms with Crippen LogP contribution in [0.1, 0.15) is 36.1 Å². The predicted molar refractivity (Wildman–Crippen MR) is 102 cm³/mol. The maximum Gasteiger partial charge on any atom is 0.230 e. The highest BCUT2D eigenvalue weighted by atomic mass is 32.2. The third-order valence-corrected chi connectivity index (χ3v) is 5.66. The van der Waals surface area contributed by atoms with Crippen LogP contribution in [0, 0.1) is 23.2 Å². The maximum absolute atomic E-state index is 12.4. The zero-order valence-electron chi connectivity index (χ0n) is 14.3. The van der Waals surface area contributed by atoms with Crippen molar-refractivity contribution in [2.24, 2.45) is 11.8 Å². The fourth-order valence-corrected chi connectivity index (χ4v) is 3.86. The molecule has 1 N–H and O–H groups in total. The molecule has 1 fully saturated rings. The summed E-state index contributed by atoms with van der Waals surface area (Å²) in [6, 6.07) is 20.0. The van der Waals surface area contributed by atoms with Gasteiger partial charge < -0.3 is 5.32 Å². The molecule has 2 aromatic carbocycles. The first-order valence-electron chi connectivity index (χ1n) is 8.58. The zero-order chi connectivity index (χ0) is 17.6. The van der Waals surface area contributed by atoms with Gasteiger partial charge in [-0.3, -0.25) is 4.79 Å². The summed E-state index contributed by atoms with van der Waals surface area (Å²) >= 11 is 1.60. The van der Waals surface area contributed by atoms with Crippen LogP contribution in [0.25, 0.3) is 0 Å². The van der Waals surface area contributed by atoms with E-state index in [1.807, 2.05) is 42.5 Å². The highest BCUT2D eigenvalue weighted by molar-refractivity contribution is 7.99. The molecular weight excluding hydrogens is 328 g/mol. The summed E-state index contributed by atoms with van der Waals surface area (Å²) in [6.07, 6.45) is 1.18. The van der Waals surface area contributed by atoms with Gasteiger partial charge >= 0.3 is 0 Å². The molecular formula is C21H22N2OS. The Morgan fingerprint density at radius 2 is 1.92 bits per heavy atom. The fourth-order valence-electron chi connectivity index (χ4n) is 3.07. The topological polar surface area (TPSA) is 52.9 Å². The van der Waals surface area contributed by atoms with E-state index in [9.17, 15) is 4.79 Å². The molecule has 3 atom stereocenters. The third kappa shape index (κ3) is 4.87. The largest absolute Gasteiger partial charge is 0.348 e. The van der Waals surface area contributed by atoms with Gasteiger partial charge in [-0.25, -0.2) is 0 Å². The van der Waals surface area contributed by atoms with E-state index < -0.39 is 0 Å². The summed E-state index contributed by atoms with van der Waals surface area (Å²) in [5, 5.41) is 12.0. The minimum Gasteiger partial charge on any atom is -0.348 e. The van der Waals surface area contributed by atoms with Gasteiger partial charge in [-0.2, -0.15) is 5.26 Å². The van der Waals surface area contributed by atoms with Crippen molar-refractivity contribution in [3.05, 3.63) is 71.3 Å². The van der Waals surface area contributed by atoms with Crippen LogP contribution in [0.15, 0.2) is 54.6 Å². The van der Waals surface area contributed by atoms with Crippen molar-refractivity contribution in [3.8, 4) is 6.07 Å². The lowest BCUT2D eigenvalue weighted by molar-refractivity contribution is -0.119. The number of nitriles is 1. The minimum atomic E-state index is 0.0894. The van der Waals surface area contributed by atoms with Crippen molar-refractivity contribution in [2.75, 3.05) is 5.75 Å².